The summed E-state index contributed by atoms with van der Waals surface area (Å²) in [6, 6.07) is 4.13. The summed E-state index contributed by atoms with van der Waals surface area (Å²) in [6.45, 7) is 0. The Labute approximate surface area is 86.0 Å². The number of nitrogen functional groups attached to an aromatic ring is 1. The highest BCUT2D eigenvalue weighted by Gasteiger charge is 2.09. The van der Waals surface area contributed by atoms with Crippen LogP contribution in [0.1, 0.15) is 12.0 Å². The van der Waals surface area contributed by atoms with Gasteiger partial charge in [-0.2, -0.15) is 0 Å². The van der Waals surface area contributed by atoms with Crippen LogP contribution in [-0.4, -0.2) is 10.8 Å². The van der Waals surface area contributed by atoms with Crippen LogP contribution in [0.2, 0.25) is 0 Å². The maximum Gasteiger partial charge on any atom is 0.269 e. The van der Waals surface area contributed by atoms with Crippen LogP contribution in [-0.2, 0) is 11.2 Å². The van der Waals surface area contributed by atoms with Gasteiger partial charge in [-0.25, -0.2) is 0 Å². The maximum atomic E-state index is 10.6. The first-order chi connectivity index (χ1) is 7.00. The number of nitrogens with zero attached hydrogens (tertiary/aromatic N) is 1. The van der Waals surface area contributed by atoms with Crippen molar-refractivity contribution in [3.63, 3.8) is 0 Å². The first-order valence-corrected chi connectivity index (χ1v) is 4.32. The number of amides is 1. The molecule has 0 radical (unpaired) electrons. The number of aryl methyl sites for hydroxylation is 1. The lowest BCUT2D eigenvalue weighted by molar-refractivity contribution is -0.384. The van der Waals surface area contributed by atoms with Crippen molar-refractivity contribution in [1.29, 1.82) is 0 Å². The lowest BCUT2D eigenvalue weighted by Gasteiger charge is -2.03. The van der Waals surface area contributed by atoms with E-state index < -0.39 is 10.8 Å². The molecule has 0 bridgehead atoms. The van der Waals surface area contributed by atoms with Crippen molar-refractivity contribution in [2.45, 2.75) is 12.8 Å². The van der Waals surface area contributed by atoms with E-state index >= 15 is 0 Å². The molecule has 6 heteroatoms. The van der Waals surface area contributed by atoms with Gasteiger partial charge >= 0.3 is 0 Å². The van der Waals surface area contributed by atoms with Gasteiger partial charge in [0.25, 0.3) is 5.69 Å². The molecule has 1 aromatic rings. The Morgan fingerprint density at radius 1 is 1.47 bits per heavy atom. The number of nitro benzene ring substituents is 1. The Morgan fingerprint density at radius 3 is 2.67 bits per heavy atom. The van der Waals surface area contributed by atoms with E-state index in [1.165, 1.54) is 18.2 Å². The number of hydrogen-bond donors (Lipinski definition) is 2. The Balaban J connectivity index is 2.90. The van der Waals surface area contributed by atoms with E-state index in [-0.39, 0.29) is 12.1 Å². The van der Waals surface area contributed by atoms with Gasteiger partial charge in [-0.15, -0.1) is 0 Å². The monoisotopic (exact) mass is 209 g/mol. The van der Waals surface area contributed by atoms with Gasteiger partial charge in [0.2, 0.25) is 5.91 Å². The number of non-ortho nitro benzene ring substituents is 1. The van der Waals surface area contributed by atoms with E-state index in [1.54, 1.807) is 0 Å². The molecule has 0 aliphatic heterocycles. The second kappa shape index (κ2) is 4.41. The molecular weight excluding hydrogens is 198 g/mol. The Kier molecular flexibility index (Phi) is 3.22. The molecule has 4 N–H and O–H groups in total. The van der Waals surface area contributed by atoms with Crippen LogP contribution in [0.25, 0.3) is 0 Å². The number of carbonyl (C=O) groups excluding carboxylic acids is 1. The molecule has 0 heterocycles. The van der Waals surface area contributed by atoms with Crippen molar-refractivity contribution in [3.8, 4) is 0 Å². The van der Waals surface area contributed by atoms with Crippen LogP contribution in [0.3, 0.4) is 0 Å². The minimum atomic E-state index is -0.507. The summed E-state index contributed by atoms with van der Waals surface area (Å²) in [6.07, 6.45) is 0.453. The van der Waals surface area contributed by atoms with Gasteiger partial charge < -0.3 is 11.5 Å². The van der Waals surface area contributed by atoms with Crippen molar-refractivity contribution in [2.24, 2.45) is 5.73 Å². The molecule has 80 valence electrons. The average Bonchev–Trinajstić information content (AvgIpc) is 2.16. The summed E-state index contributed by atoms with van der Waals surface area (Å²) < 4.78 is 0. The molecule has 0 aromatic heterocycles. The molecule has 15 heavy (non-hydrogen) atoms. The van der Waals surface area contributed by atoms with Crippen LogP contribution in [0.4, 0.5) is 11.4 Å². The van der Waals surface area contributed by atoms with E-state index in [0.717, 1.165) is 0 Å². The smallest absolute Gasteiger partial charge is 0.269 e. The van der Waals surface area contributed by atoms with Crippen molar-refractivity contribution >= 4 is 17.3 Å². The average molecular weight is 209 g/mol. The van der Waals surface area contributed by atoms with Crippen LogP contribution in [0.5, 0.6) is 0 Å². The molecule has 6 nitrogen and oxygen atoms in total. The van der Waals surface area contributed by atoms with E-state index in [4.69, 9.17) is 11.5 Å². The molecule has 0 spiro atoms. The number of nitro groups is 1. The first-order valence-electron chi connectivity index (χ1n) is 4.32. The molecule has 0 atom stereocenters. The zero-order valence-electron chi connectivity index (χ0n) is 7.97. The van der Waals surface area contributed by atoms with Gasteiger partial charge in [-0.1, -0.05) is 0 Å². The van der Waals surface area contributed by atoms with Gasteiger partial charge in [0.1, 0.15) is 0 Å². The van der Waals surface area contributed by atoms with Crippen molar-refractivity contribution in [3.05, 3.63) is 33.9 Å². The zero-order chi connectivity index (χ0) is 11.4. The summed E-state index contributed by atoms with van der Waals surface area (Å²) in [4.78, 5) is 20.5. The Bertz CT molecular complexity index is 404. The first kappa shape index (κ1) is 11.0. The highest BCUT2D eigenvalue weighted by atomic mass is 16.6. The molecule has 0 saturated heterocycles. The molecule has 1 amide bonds. The highest BCUT2D eigenvalue weighted by molar-refractivity contribution is 5.74. The third-order valence-corrected chi connectivity index (χ3v) is 1.98. The summed E-state index contributed by atoms with van der Waals surface area (Å²) >= 11 is 0. The van der Waals surface area contributed by atoms with E-state index in [9.17, 15) is 14.9 Å². The zero-order valence-corrected chi connectivity index (χ0v) is 7.97. The molecule has 0 saturated carbocycles. The molecule has 0 fully saturated rings. The molecule has 0 unspecified atom stereocenters. The highest BCUT2D eigenvalue weighted by Crippen LogP contribution is 2.20. The van der Waals surface area contributed by atoms with E-state index in [0.29, 0.717) is 17.7 Å². The predicted octanol–water partition coefficient (Wildman–Crippen LogP) is 0.595. The van der Waals surface area contributed by atoms with Gasteiger partial charge in [-0.05, 0) is 18.1 Å². The molecule has 1 rings (SSSR count). The fourth-order valence-electron chi connectivity index (χ4n) is 1.18. The normalized spacial score (nSPS) is 9.87. The number of nitrogens with two attached hydrogens (primary N) is 2. The standard InChI is InChI=1S/C9H11N3O3/c10-8-3-2-7(12(14)15)5-6(8)1-4-9(11)13/h2-3,5H,1,4,10H2,(H2,11,13). The second-order valence-corrected chi connectivity index (χ2v) is 3.11. The van der Waals surface area contributed by atoms with E-state index in [2.05, 4.69) is 0 Å². The second-order valence-electron chi connectivity index (χ2n) is 3.11. The topological polar surface area (TPSA) is 112 Å². The minimum absolute atomic E-state index is 0.0383. The van der Waals surface area contributed by atoms with Crippen LogP contribution >= 0.6 is 0 Å². The van der Waals surface area contributed by atoms with Gasteiger partial charge in [0.05, 0.1) is 4.92 Å². The maximum absolute atomic E-state index is 10.6. The fraction of sp³-hybridized carbons (Fsp3) is 0.222. The lowest BCUT2D eigenvalue weighted by atomic mass is 10.1. The fourth-order valence-corrected chi connectivity index (χ4v) is 1.18. The molecular formula is C9H11N3O3. The molecule has 1 aromatic carbocycles. The number of hydrogen-bond acceptors (Lipinski definition) is 4. The predicted molar refractivity (Wildman–Crippen MR) is 55.0 cm³/mol. The van der Waals surface area contributed by atoms with Crippen LogP contribution < -0.4 is 11.5 Å². The van der Waals surface area contributed by atoms with Crippen LogP contribution in [0.15, 0.2) is 18.2 Å². The number of rotatable bonds is 4. The van der Waals surface area contributed by atoms with Crippen LogP contribution in [0, 0.1) is 10.1 Å². The quantitative estimate of drug-likeness (QED) is 0.429. The largest absolute Gasteiger partial charge is 0.398 e. The third kappa shape index (κ3) is 2.94. The summed E-state index contributed by atoms with van der Waals surface area (Å²) in [5.41, 5.74) is 11.5. The van der Waals surface area contributed by atoms with Crippen molar-refractivity contribution < 1.29 is 9.72 Å². The number of carbonyl (C=O) groups is 1. The summed E-state index contributed by atoms with van der Waals surface area (Å²) in [7, 11) is 0. The minimum Gasteiger partial charge on any atom is -0.398 e. The van der Waals surface area contributed by atoms with E-state index in [1.807, 2.05) is 0 Å². The number of benzene rings is 1. The third-order valence-electron chi connectivity index (χ3n) is 1.98. The molecule has 0 aliphatic carbocycles. The molecule has 0 aliphatic rings. The summed E-state index contributed by atoms with van der Waals surface area (Å²) in [5, 5.41) is 10.5. The van der Waals surface area contributed by atoms with Crippen molar-refractivity contribution in [2.75, 3.05) is 5.73 Å². The van der Waals surface area contributed by atoms with Gasteiger partial charge in [-0.3, -0.25) is 14.9 Å². The lowest BCUT2D eigenvalue weighted by Crippen LogP contribution is -2.11. The SMILES string of the molecule is NC(=O)CCc1cc([N+](=O)[O-])ccc1N. The summed E-state index contributed by atoms with van der Waals surface area (Å²) in [5.74, 6) is -0.457. The van der Waals surface area contributed by atoms with Gasteiger partial charge in [0, 0.05) is 24.2 Å². The Hall–Kier alpha value is -2.11. The van der Waals surface area contributed by atoms with Gasteiger partial charge in [0.15, 0.2) is 0 Å². The Morgan fingerprint density at radius 2 is 2.13 bits per heavy atom. The van der Waals surface area contributed by atoms with Crippen molar-refractivity contribution in [1.82, 2.24) is 0 Å². The number of anilines is 1. The number of primary amides is 1.